The number of nitro benzene ring substituents is 1. The van der Waals surface area contributed by atoms with Crippen molar-refractivity contribution in [1.29, 1.82) is 0 Å². The maximum atomic E-state index is 12.2. The highest BCUT2D eigenvalue weighted by atomic mass is 16.6. The number of hydrogen-bond donors (Lipinski definition) is 2. The largest absolute Gasteiger partial charge is 0.383 e. The van der Waals surface area contributed by atoms with Crippen LogP contribution in [0.15, 0.2) is 18.2 Å². The molecular formula is C12H14N4O4. The van der Waals surface area contributed by atoms with E-state index in [-0.39, 0.29) is 29.6 Å². The van der Waals surface area contributed by atoms with Crippen LogP contribution in [0.5, 0.6) is 0 Å². The molecule has 106 valence electrons. The van der Waals surface area contributed by atoms with Gasteiger partial charge >= 0.3 is 0 Å². The number of benzene rings is 1. The van der Waals surface area contributed by atoms with E-state index >= 15 is 0 Å². The normalized spacial score (nSPS) is 14.7. The highest BCUT2D eigenvalue weighted by Crippen LogP contribution is 2.25. The maximum Gasteiger partial charge on any atom is 0.293 e. The van der Waals surface area contributed by atoms with Crippen LogP contribution in [0.4, 0.5) is 11.4 Å². The number of anilines is 1. The van der Waals surface area contributed by atoms with E-state index in [4.69, 9.17) is 0 Å². The summed E-state index contributed by atoms with van der Waals surface area (Å²) in [5.41, 5.74) is 0.369. The van der Waals surface area contributed by atoms with Gasteiger partial charge in [0, 0.05) is 31.8 Å². The minimum Gasteiger partial charge on any atom is -0.383 e. The molecule has 0 aromatic heterocycles. The van der Waals surface area contributed by atoms with Crippen molar-refractivity contribution in [3.05, 3.63) is 33.9 Å². The van der Waals surface area contributed by atoms with Crippen LogP contribution < -0.4 is 10.6 Å². The fourth-order valence-corrected chi connectivity index (χ4v) is 2.02. The van der Waals surface area contributed by atoms with Crippen LogP contribution in [0.25, 0.3) is 0 Å². The summed E-state index contributed by atoms with van der Waals surface area (Å²) in [4.78, 5) is 35.3. The Morgan fingerprint density at radius 2 is 2.25 bits per heavy atom. The lowest BCUT2D eigenvalue weighted by Gasteiger charge is -2.26. The number of piperazine rings is 1. The fourth-order valence-electron chi connectivity index (χ4n) is 2.02. The van der Waals surface area contributed by atoms with E-state index in [0.29, 0.717) is 18.8 Å². The first-order valence-corrected chi connectivity index (χ1v) is 6.05. The van der Waals surface area contributed by atoms with Crippen molar-refractivity contribution >= 4 is 23.2 Å². The van der Waals surface area contributed by atoms with Gasteiger partial charge in [0.25, 0.3) is 11.6 Å². The van der Waals surface area contributed by atoms with Gasteiger partial charge in [-0.25, -0.2) is 0 Å². The molecule has 2 N–H and O–H groups in total. The summed E-state index contributed by atoms with van der Waals surface area (Å²) < 4.78 is 0. The molecule has 1 aliphatic rings. The van der Waals surface area contributed by atoms with Crippen LogP contribution in [0.1, 0.15) is 10.4 Å². The molecule has 1 aliphatic heterocycles. The first-order valence-electron chi connectivity index (χ1n) is 6.05. The highest BCUT2D eigenvalue weighted by molar-refractivity contribution is 5.98. The number of nitrogens with zero attached hydrogens (tertiary/aromatic N) is 2. The van der Waals surface area contributed by atoms with Crippen LogP contribution in [0.2, 0.25) is 0 Å². The number of hydrogen-bond acceptors (Lipinski definition) is 5. The van der Waals surface area contributed by atoms with Crippen LogP contribution in [0.3, 0.4) is 0 Å². The number of amides is 2. The van der Waals surface area contributed by atoms with Gasteiger partial charge in [-0.2, -0.15) is 0 Å². The molecule has 0 unspecified atom stereocenters. The smallest absolute Gasteiger partial charge is 0.293 e. The Balaban J connectivity index is 2.28. The minimum absolute atomic E-state index is 0.0274. The Bertz CT molecular complexity index is 573. The van der Waals surface area contributed by atoms with E-state index in [9.17, 15) is 19.7 Å². The fraction of sp³-hybridized carbons (Fsp3) is 0.333. The van der Waals surface area contributed by atoms with Crippen molar-refractivity contribution in [3.8, 4) is 0 Å². The summed E-state index contributed by atoms with van der Waals surface area (Å²) in [6.07, 6.45) is 0. The molecule has 8 nitrogen and oxygen atoms in total. The third-order valence-corrected chi connectivity index (χ3v) is 3.04. The predicted octanol–water partition coefficient (Wildman–Crippen LogP) is 0.208. The van der Waals surface area contributed by atoms with Crippen molar-refractivity contribution in [3.63, 3.8) is 0 Å². The van der Waals surface area contributed by atoms with Crippen molar-refractivity contribution in [2.24, 2.45) is 0 Å². The second-order valence-corrected chi connectivity index (χ2v) is 4.32. The summed E-state index contributed by atoms with van der Waals surface area (Å²) in [5.74, 6) is -0.614. The molecule has 1 saturated heterocycles. The highest BCUT2D eigenvalue weighted by Gasteiger charge is 2.24. The van der Waals surface area contributed by atoms with E-state index < -0.39 is 4.92 Å². The molecule has 1 aromatic carbocycles. The average Bonchev–Trinajstić information content (AvgIpc) is 2.45. The molecule has 20 heavy (non-hydrogen) atoms. The Morgan fingerprint density at radius 1 is 1.50 bits per heavy atom. The zero-order valence-electron chi connectivity index (χ0n) is 10.9. The van der Waals surface area contributed by atoms with E-state index in [2.05, 4.69) is 10.6 Å². The zero-order chi connectivity index (χ0) is 14.7. The predicted molar refractivity (Wildman–Crippen MR) is 71.6 cm³/mol. The molecule has 0 radical (unpaired) electrons. The van der Waals surface area contributed by atoms with Gasteiger partial charge in [0.1, 0.15) is 5.69 Å². The molecule has 0 spiro atoms. The topological polar surface area (TPSA) is 105 Å². The Labute approximate surface area is 114 Å². The first-order chi connectivity index (χ1) is 9.52. The van der Waals surface area contributed by atoms with E-state index in [1.165, 1.54) is 23.1 Å². The van der Waals surface area contributed by atoms with E-state index in [1.54, 1.807) is 7.05 Å². The molecule has 1 aromatic rings. The summed E-state index contributed by atoms with van der Waals surface area (Å²) in [7, 11) is 1.57. The van der Waals surface area contributed by atoms with E-state index in [1.807, 2.05) is 0 Å². The van der Waals surface area contributed by atoms with Gasteiger partial charge in [-0.1, -0.05) is 0 Å². The second kappa shape index (κ2) is 5.55. The standard InChI is InChI=1S/C12H14N4O4/c1-13-9-3-2-8(6-10(9)16(19)20)12(18)15-5-4-14-11(17)7-15/h2-3,6,13H,4-5,7H2,1H3,(H,14,17). The Morgan fingerprint density at radius 3 is 2.85 bits per heavy atom. The second-order valence-electron chi connectivity index (χ2n) is 4.32. The quantitative estimate of drug-likeness (QED) is 0.607. The van der Waals surface area contributed by atoms with Gasteiger partial charge in [0.15, 0.2) is 0 Å². The van der Waals surface area contributed by atoms with Crippen molar-refractivity contribution in [1.82, 2.24) is 10.2 Å². The molecule has 8 heteroatoms. The zero-order valence-corrected chi connectivity index (χ0v) is 10.9. The molecule has 1 fully saturated rings. The van der Waals surface area contributed by atoms with Gasteiger partial charge in [-0.05, 0) is 12.1 Å². The summed E-state index contributed by atoms with van der Waals surface area (Å²) in [6, 6.07) is 4.21. The van der Waals surface area contributed by atoms with Crippen molar-refractivity contribution in [2.75, 3.05) is 32.0 Å². The van der Waals surface area contributed by atoms with Gasteiger partial charge in [-0.15, -0.1) is 0 Å². The summed E-state index contributed by atoms with van der Waals surface area (Å²) in [5, 5.41) is 16.3. The van der Waals surface area contributed by atoms with Gasteiger partial charge < -0.3 is 15.5 Å². The SMILES string of the molecule is CNc1ccc(C(=O)N2CCNC(=O)C2)cc1[N+](=O)[O-]. The molecule has 0 saturated carbocycles. The number of carbonyl (C=O) groups excluding carboxylic acids is 2. The molecule has 1 heterocycles. The molecule has 0 atom stereocenters. The molecule has 0 aliphatic carbocycles. The number of carbonyl (C=O) groups is 2. The van der Waals surface area contributed by atoms with Crippen molar-refractivity contribution < 1.29 is 14.5 Å². The lowest BCUT2D eigenvalue weighted by Crippen LogP contribution is -2.49. The third-order valence-electron chi connectivity index (χ3n) is 3.04. The molecular weight excluding hydrogens is 264 g/mol. The van der Waals surface area contributed by atoms with Crippen LogP contribution in [-0.2, 0) is 4.79 Å². The Kier molecular flexibility index (Phi) is 3.83. The third kappa shape index (κ3) is 2.68. The summed E-state index contributed by atoms with van der Waals surface area (Å²) >= 11 is 0. The Hall–Kier alpha value is -2.64. The lowest BCUT2D eigenvalue weighted by molar-refractivity contribution is -0.384. The number of nitro groups is 1. The number of rotatable bonds is 3. The van der Waals surface area contributed by atoms with Crippen LogP contribution in [-0.4, -0.2) is 48.3 Å². The summed E-state index contributed by atoms with van der Waals surface area (Å²) in [6.45, 7) is 0.758. The molecule has 2 amide bonds. The van der Waals surface area contributed by atoms with Gasteiger partial charge in [0.05, 0.1) is 11.5 Å². The molecule has 2 rings (SSSR count). The lowest BCUT2D eigenvalue weighted by atomic mass is 10.1. The maximum absolute atomic E-state index is 12.2. The molecule has 0 bridgehead atoms. The van der Waals surface area contributed by atoms with Gasteiger partial charge in [0.2, 0.25) is 5.91 Å². The van der Waals surface area contributed by atoms with E-state index in [0.717, 1.165) is 0 Å². The first kappa shape index (κ1) is 13.8. The minimum atomic E-state index is -0.550. The number of nitrogens with one attached hydrogen (secondary N) is 2. The monoisotopic (exact) mass is 278 g/mol. The van der Waals surface area contributed by atoms with Crippen LogP contribution in [0, 0.1) is 10.1 Å². The van der Waals surface area contributed by atoms with Crippen molar-refractivity contribution in [2.45, 2.75) is 0 Å². The van der Waals surface area contributed by atoms with Gasteiger partial charge in [-0.3, -0.25) is 19.7 Å². The van der Waals surface area contributed by atoms with Crippen LogP contribution >= 0.6 is 0 Å². The average molecular weight is 278 g/mol.